The molecule has 1 aliphatic carbocycles. The largest absolute Gasteiger partial charge is 0.369 e. The number of anilines is 2. The number of rotatable bonds is 6. The van der Waals surface area contributed by atoms with Crippen molar-refractivity contribution in [2.75, 3.05) is 17.2 Å². The smallest absolute Gasteiger partial charge is 0.277 e. The Balaban J connectivity index is 1.66. The standard InChI is InChI=1S/C14H17N5OS/c1-2-5-16-12-7-15-6-10(17-12)13(20)19-14-18-11(8-21-14)9-3-4-9/h6-9H,2-5H2,1H3,(H,16,17)(H,18,19,20). The fraction of sp³-hybridized carbons (Fsp3) is 0.429. The van der Waals surface area contributed by atoms with Crippen molar-refractivity contribution in [3.63, 3.8) is 0 Å². The molecule has 2 aromatic rings. The molecule has 1 fully saturated rings. The second kappa shape index (κ2) is 6.17. The van der Waals surface area contributed by atoms with Crippen LogP contribution < -0.4 is 10.6 Å². The number of carbonyl (C=O) groups excluding carboxylic acids is 1. The van der Waals surface area contributed by atoms with Crippen LogP contribution in [0.25, 0.3) is 0 Å². The van der Waals surface area contributed by atoms with Gasteiger partial charge in [0, 0.05) is 17.8 Å². The average Bonchev–Trinajstić information content (AvgIpc) is 3.26. The highest BCUT2D eigenvalue weighted by Crippen LogP contribution is 2.40. The van der Waals surface area contributed by atoms with Crippen molar-refractivity contribution in [1.29, 1.82) is 0 Å². The van der Waals surface area contributed by atoms with Crippen molar-refractivity contribution < 1.29 is 4.79 Å². The number of amides is 1. The number of hydrogen-bond donors (Lipinski definition) is 2. The summed E-state index contributed by atoms with van der Waals surface area (Å²) in [6, 6.07) is 0. The first kappa shape index (κ1) is 13.9. The maximum absolute atomic E-state index is 12.2. The zero-order valence-electron chi connectivity index (χ0n) is 11.8. The van der Waals surface area contributed by atoms with Crippen molar-refractivity contribution in [1.82, 2.24) is 15.0 Å². The molecule has 0 radical (unpaired) electrons. The lowest BCUT2D eigenvalue weighted by Gasteiger charge is -2.05. The molecular weight excluding hydrogens is 286 g/mol. The summed E-state index contributed by atoms with van der Waals surface area (Å²) in [5.74, 6) is 0.926. The molecule has 2 heterocycles. The van der Waals surface area contributed by atoms with E-state index in [2.05, 4.69) is 32.5 Å². The van der Waals surface area contributed by atoms with E-state index < -0.39 is 0 Å². The predicted molar refractivity (Wildman–Crippen MR) is 82.9 cm³/mol. The van der Waals surface area contributed by atoms with Crippen LogP contribution >= 0.6 is 11.3 Å². The quantitative estimate of drug-likeness (QED) is 0.857. The summed E-state index contributed by atoms with van der Waals surface area (Å²) in [6.07, 6.45) is 6.46. The minimum atomic E-state index is -0.278. The fourth-order valence-corrected chi connectivity index (χ4v) is 2.67. The Hall–Kier alpha value is -2.02. The molecule has 110 valence electrons. The van der Waals surface area contributed by atoms with E-state index in [1.54, 1.807) is 6.20 Å². The van der Waals surface area contributed by atoms with Gasteiger partial charge in [0.1, 0.15) is 11.5 Å². The lowest BCUT2D eigenvalue weighted by molar-refractivity contribution is 0.102. The van der Waals surface area contributed by atoms with Crippen LogP contribution in [0, 0.1) is 0 Å². The normalized spacial score (nSPS) is 14.0. The molecule has 0 saturated heterocycles. The lowest BCUT2D eigenvalue weighted by atomic mass is 10.3. The molecule has 7 heteroatoms. The Kier molecular flexibility index (Phi) is 4.10. The summed E-state index contributed by atoms with van der Waals surface area (Å²) in [4.78, 5) is 24.9. The van der Waals surface area contributed by atoms with Crippen LogP contribution in [0.3, 0.4) is 0 Å². The summed E-state index contributed by atoms with van der Waals surface area (Å²) >= 11 is 1.45. The van der Waals surface area contributed by atoms with Crippen LogP contribution in [-0.2, 0) is 0 Å². The van der Waals surface area contributed by atoms with E-state index in [1.165, 1.54) is 30.4 Å². The molecule has 0 bridgehead atoms. The second-order valence-corrected chi connectivity index (χ2v) is 5.88. The van der Waals surface area contributed by atoms with Crippen LogP contribution in [-0.4, -0.2) is 27.4 Å². The van der Waals surface area contributed by atoms with Crippen LogP contribution in [0.15, 0.2) is 17.8 Å². The maximum atomic E-state index is 12.2. The highest BCUT2D eigenvalue weighted by atomic mass is 32.1. The zero-order chi connectivity index (χ0) is 14.7. The Bertz CT molecular complexity index is 638. The molecule has 6 nitrogen and oxygen atoms in total. The number of thiazole rings is 1. The molecule has 1 amide bonds. The highest BCUT2D eigenvalue weighted by Gasteiger charge is 2.26. The Morgan fingerprint density at radius 1 is 1.38 bits per heavy atom. The molecule has 21 heavy (non-hydrogen) atoms. The van der Waals surface area contributed by atoms with Gasteiger partial charge in [-0.05, 0) is 19.3 Å². The minimum Gasteiger partial charge on any atom is -0.369 e. The second-order valence-electron chi connectivity index (χ2n) is 5.02. The van der Waals surface area contributed by atoms with Gasteiger partial charge in [-0.1, -0.05) is 6.92 Å². The first-order chi connectivity index (χ1) is 10.3. The first-order valence-corrected chi connectivity index (χ1v) is 7.97. The molecule has 2 N–H and O–H groups in total. The van der Waals surface area contributed by atoms with Gasteiger partial charge in [0.15, 0.2) is 5.13 Å². The van der Waals surface area contributed by atoms with Gasteiger partial charge in [-0.25, -0.2) is 9.97 Å². The van der Waals surface area contributed by atoms with E-state index in [-0.39, 0.29) is 5.91 Å². The number of hydrogen-bond acceptors (Lipinski definition) is 6. The molecule has 0 aliphatic heterocycles. The molecule has 1 aliphatic rings. The summed E-state index contributed by atoms with van der Waals surface area (Å²) in [5.41, 5.74) is 1.37. The van der Waals surface area contributed by atoms with Gasteiger partial charge in [0.2, 0.25) is 0 Å². The number of nitrogens with zero attached hydrogens (tertiary/aromatic N) is 3. The average molecular weight is 303 g/mol. The van der Waals surface area contributed by atoms with Gasteiger partial charge in [0.05, 0.1) is 18.1 Å². The fourth-order valence-electron chi connectivity index (χ4n) is 1.88. The Morgan fingerprint density at radius 2 is 2.24 bits per heavy atom. The van der Waals surface area contributed by atoms with Crippen molar-refractivity contribution in [3.8, 4) is 0 Å². The third-order valence-electron chi connectivity index (χ3n) is 3.16. The van der Waals surface area contributed by atoms with Gasteiger partial charge in [-0.2, -0.15) is 0 Å². The molecular formula is C14H17N5OS. The lowest BCUT2D eigenvalue weighted by Crippen LogP contribution is -2.15. The number of aromatic nitrogens is 3. The van der Waals surface area contributed by atoms with E-state index in [1.807, 2.05) is 5.38 Å². The van der Waals surface area contributed by atoms with E-state index in [4.69, 9.17) is 0 Å². The van der Waals surface area contributed by atoms with Gasteiger partial charge in [-0.15, -0.1) is 11.3 Å². The molecule has 0 unspecified atom stereocenters. The topological polar surface area (TPSA) is 79.8 Å². The predicted octanol–water partition coefficient (Wildman–Crippen LogP) is 2.88. The molecule has 1 saturated carbocycles. The van der Waals surface area contributed by atoms with Crippen molar-refractivity contribution in [3.05, 3.63) is 29.2 Å². The summed E-state index contributed by atoms with van der Waals surface area (Å²) in [5, 5.41) is 8.53. The Morgan fingerprint density at radius 3 is 3.00 bits per heavy atom. The van der Waals surface area contributed by atoms with Gasteiger partial charge in [-0.3, -0.25) is 15.1 Å². The van der Waals surface area contributed by atoms with Crippen LogP contribution in [0.4, 0.5) is 10.9 Å². The SMILES string of the molecule is CCCNc1cncc(C(=O)Nc2nc(C3CC3)cs2)n1. The van der Waals surface area contributed by atoms with E-state index >= 15 is 0 Å². The van der Waals surface area contributed by atoms with E-state index in [0.29, 0.717) is 22.6 Å². The van der Waals surface area contributed by atoms with Crippen molar-refractivity contribution in [2.24, 2.45) is 0 Å². The third kappa shape index (κ3) is 3.55. The number of nitrogens with one attached hydrogen (secondary N) is 2. The van der Waals surface area contributed by atoms with Crippen LogP contribution in [0.1, 0.15) is 48.3 Å². The van der Waals surface area contributed by atoms with E-state index in [9.17, 15) is 4.79 Å². The summed E-state index contributed by atoms with van der Waals surface area (Å²) < 4.78 is 0. The van der Waals surface area contributed by atoms with Crippen LogP contribution in [0.5, 0.6) is 0 Å². The van der Waals surface area contributed by atoms with Crippen LogP contribution in [0.2, 0.25) is 0 Å². The minimum absolute atomic E-state index is 0.278. The molecule has 2 aromatic heterocycles. The molecule has 0 spiro atoms. The van der Waals surface area contributed by atoms with Gasteiger partial charge < -0.3 is 5.32 Å². The molecule has 3 rings (SSSR count). The van der Waals surface area contributed by atoms with Crippen molar-refractivity contribution >= 4 is 28.2 Å². The third-order valence-corrected chi connectivity index (χ3v) is 3.94. The van der Waals surface area contributed by atoms with Gasteiger partial charge >= 0.3 is 0 Å². The maximum Gasteiger partial charge on any atom is 0.277 e. The zero-order valence-corrected chi connectivity index (χ0v) is 12.6. The summed E-state index contributed by atoms with van der Waals surface area (Å²) in [6.45, 7) is 2.87. The molecule has 0 aromatic carbocycles. The molecule has 0 atom stereocenters. The van der Waals surface area contributed by atoms with Crippen molar-refractivity contribution in [2.45, 2.75) is 32.1 Å². The Labute approximate surface area is 127 Å². The highest BCUT2D eigenvalue weighted by molar-refractivity contribution is 7.14. The monoisotopic (exact) mass is 303 g/mol. The summed E-state index contributed by atoms with van der Waals surface area (Å²) in [7, 11) is 0. The van der Waals surface area contributed by atoms with E-state index in [0.717, 1.165) is 18.7 Å². The first-order valence-electron chi connectivity index (χ1n) is 7.09. The number of carbonyl (C=O) groups is 1. The van der Waals surface area contributed by atoms with Gasteiger partial charge in [0.25, 0.3) is 5.91 Å².